The number of aliphatic hydroxyl groups excluding tert-OH is 1. The molecule has 2 aromatic heterocycles. The van der Waals surface area contributed by atoms with Gasteiger partial charge >= 0.3 is 5.69 Å². The summed E-state index contributed by atoms with van der Waals surface area (Å²) in [6.07, 6.45) is 3.32. The van der Waals surface area contributed by atoms with Crippen LogP contribution in [-0.4, -0.2) is 29.9 Å². The van der Waals surface area contributed by atoms with Crippen LogP contribution < -0.4 is 11.2 Å². The fraction of sp³-hybridized carbons (Fsp3) is 0.476. The number of nitrogens with zero attached hydrogens (tertiary/aromatic N) is 4. The molecule has 7 heteroatoms. The van der Waals surface area contributed by atoms with Crippen molar-refractivity contribution in [2.75, 3.05) is 0 Å². The Morgan fingerprint density at radius 1 is 1.11 bits per heavy atom. The number of imidazole rings is 1. The summed E-state index contributed by atoms with van der Waals surface area (Å²) >= 11 is 0. The van der Waals surface area contributed by atoms with Crippen molar-refractivity contribution >= 4 is 11.2 Å². The van der Waals surface area contributed by atoms with Gasteiger partial charge in [0.15, 0.2) is 11.2 Å². The molecule has 1 atom stereocenters. The molecule has 2 heterocycles. The van der Waals surface area contributed by atoms with E-state index in [0.717, 1.165) is 12.0 Å². The van der Waals surface area contributed by atoms with E-state index in [1.807, 2.05) is 44.2 Å². The molecule has 152 valence electrons. The Bertz CT molecular complexity index is 1000. The van der Waals surface area contributed by atoms with Crippen molar-refractivity contribution in [2.45, 2.75) is 59.2 Å². The van der Waals surface area contributed by atoms with Crippen LogP contribution in [-0.2, 0) is 20.1 Å². The van der Waals surface area contributed by atoms with Gasteiger partial charge in [0.1, 0.15) is 0 Å². The first-order valence-corrected chi connectivity index (χ1v) is 9.85. The van der Waals surface area contributed by atoms with E-state index in [2.05, 4.69) is 4.98 Å². The van der Waals surface area contributed by atoms with E-state index < -0.39 is 0 Å². The molecule has 3 rings (SSSR count). The van der Waals surface area contributed by atoms with Crippen LogP contribution in [0, 0.1) is 0 Å². The summed E-state index contributed by atoms with van der Waals surface area (Å²) in [5.74, 6) is 0. The number of fused-ring (bicyclic) bond motifs is 1. The first-order chi connectivity index (χ1) is 13.5. The predicted molar refractivity (Wildman–Crippen MR) is 112 cm³/mol. The molecule has 1 N–H and O–H groups in total. The number of hydrogen-bond acceptors (Lipinski definition) is 4. The Labute approximate surface area is 164 Å². The lowest BCUT2D eigenvalue weighted by molar-refractivity contribution is 0.180. The molecule has 0 amide bonds. The molecule has 7 nitrogen and oxygen atoms in total. The predicted octanol–water partition coefficient (Wildman–Crippen LogP) is 2.52. The summed E-state index contributed by atoms with van der Waals surface area (Å²) in [7, 11) is 1.64. The topological polar surface area (TPSA) is 82.1 Å². The largest absolute Gasteiger partial charge is 0.393 e. The van der Waals surface area contributed by atoms with Crippen LogP contribution in [0.5, 0.6) is 0 Å². The third-order valence-corrected chi connectivity index (χ3v) is 4.55. The lowest BCUT2D eigenvalue weighted by atomic mass is 10.2. The monoisotopic (exact) mass is 386 g/mol. The molecule has 1 aromatic carbocycles. The van der Waals surface area contributed by atoms with Crippen molar-refractivity contribution in [3.05, 3.63) is 63.1 Å². The number of unbranched alkanes of at least 4 members (excludes halogenated alkanes) is 1. The lowest BCUT2D eigenvalue weighted by Crippen LogP contribution is -2.39. The summed E-state index contributed by atoms with van der Waals surface area (Å²) in [6.45, 7) is 6.59. The van der Waals surface area contributed by atoms with Gasteiger partial charge in [-0.25, -0.2) is 9.78 Å². The second kappa shape index (κ2) is 10.0. The summed E-state index contributed by atoms with van der Waals surface area (Å²) < 4.78 is 4.49. The highest BCUT2D eigenvalue weighted by molar-refractivity contribution is 5.70. The number of rotatable bonds is 7. The molecule has 1 unspecified atom stereocenters. The molecule has 0 bridgehead atoms. The minimum Gasteiger partial charge on any atom is -0.393 e. The number of hydrogen-bond donors (Lipinski definition) is 1. The van der Waals surface area contributed by atoms with E-state index in [1.54, 1.807) is 24.9 Å². The van der Waals surface area contributed by atoms with Crippen molar-refractivity contribution in [3.63, 3.8) is 0 Å². The third-order valence-electron chi connectivity index (χ3n) is 4.55. The Hall–Kier alpha value is -2.67. The zero-order valence-electron chi connectivity index (χ0n) is 17.1. The average molecular weight is 386 g/mol. The number of aliphatic hydroxyl groups is 1. The molecule has 0 aliphatic carbocycles. The fourth-order valence-corrected chi connectivity index (χ4v) is 3.13. The number of aromatic nitrogens is 4. The molecule has 28 heavy (non-hydrogen) atoms. The lowest BCUT2D eigenvalue weighted by Gasteiger charge is -2.10. The smallest absolute Gasteiger partial charge is 0.332 e. The van der Waals surface area contributed by atoms with Gasteiger partial charge in [0.2, 0.25) is 0 Å². The van der Waals surface area contributed by atoms with Crippen molar-refractivity contribution < 1.29 is 5.11 Å². The first kappa shape index (κ1) is 21.6. The van der Waals surface area contributed by atoms with Crippen LogP contribution in [0.3, 0.4) is 0 Å². The van der Waals surface area contributed by atoms with Gasteiger partial charge in [0.05, 0.1) is 12.4 Å². The van der Waals surface area contributed by atoms with Crippen molar-refractivity contribution in [1.82, 2.24) is 18.7 Å². The molecule has 0 radical (unpaired) electrons. The molecule has 0 fully saturated rings. The minimum absolute atomic E-state index is 0.312. The van der Waals surface area contributed by atoms with Gasteiger partial charge in [-0.3, -0.25) is 13.9 Å². The highest BCUT2D eigenvalue weighted by atomic mass is 16.3. The fourth-order valence-electron chi connectivity index (χ4n) is 3.13. The van der Waals surface area contributed by atoms with Crippen molar-refractivity contribution in [1.29, 1.82) is 0 Å². The average Bonchev–Trinajstić information content (AvgIpc) is 3.11. The molecular weight excluding hydrogens is 356 g/mol. The van der Waals surface area contributed by atoms with Gasteiger partial charge in [0.25, 0.3) is 5.56 Å². The highest BCUT2D eigenvalue weighted by Crippen LogP contribution is 2.10. The Morgan fingerprint density at radius 3 is 2.43 bits per heavy atom. The second-order valence-electron chi connectivity index (χ2n) is 6.67. The van der Waals surface area contributed by atoms with Gasteiger partial charge < -0.3 is 9.67 Å². The van der Waals surface area contributed by atoms with Gasteiger partial charge in [-0.2, -0.15) is 0 Å². The van der Waals surface area contributed by atoms with Gasteiger partial charge in [0, 0.05) is 20.1 Å². The van der Waals surface area contributed by atoms with Gasteiger partial charge in [-0.15, -0.1) is 0 Å². The van der Waals surface area contributed by atoms with Crippen molar-refractivity contribution in [3.8, 4) is 0 Å². The third kappa shape index (κ3) is 4.78. The van der Waals surface area contributed by atoms with Crippen molar-refractivity contribution in [2.24, 2.45) is 7.05 Å². The quantitative estimate of drug-likeness (QED) is 0.633. The maximum Gasteiger partial charge on any atom is 0.332 e. The van der Waals surface area contributed by atoms with E-state index in [1.165, 1.54) is 9.13 Å². The van der Waals surface area contributed by atoms with E-state index in [0.29, 0.717) is 37.1 Å². The normalized spacial score (nSPS) is 11.9. The SMILES string of the molecule is CC.CC(O)CCCCn1c(=O)c2c(ncn2Cc2ccccc2)n(C)c1=O. The summed E-state index contributed by atoms with van der Waals surface area (Å²) in [6, 6.07) is 9.82. The number of benzene rings is 1. The van der Waals surface area contributed by atoms with E-state index in [9.17, 15) is 14.7 Å². The zero-order valence-corrected chi connectivity index (χ0v) is 17.1. The van der Waals surface area contributed by atoms with E-state index in [-0.39, 0.29) is 17.4 Å². The van der Waals surface area contributed by atoms with Crippen LogP contribution in [0.1, 0.15) is 45.6 Å². The first-order valence-electron chi connectivity index (χ1n) is 9.85. The Morgan fingerprint density at radius 2 is 1.79 bits per heavy atom. The molecular formula is C21H30N4O3. The maximum atomic E-state index is 12.9. The van der Waals surface area contributed by atoms with Gasteiger partial charge in [-0.05, 0) is 31.7 Å². The van der Waals surface area contributed by atoms with Crippen LogP contribution in [0.15, 0.2) is 46.2 Å². The molecule has 3 aromatic rings. The van der Waals surface area contributed by atoms with Crippen LogP contribution in [0.4, 0.5) is 0 Å². The maximum absolute atomic E-state index is 12.9. The second-order valence-corrected chi connectivity index (χ2v) is 6.67. The Kier molecular flexibility index (Phi) is 7.75. The standard InChI is InChI=1S/C19H24N4O3.C2H6/c1-14(24)8-6-7-11-23-18(25)16-17(21(2)19(23)26)20-13-22(16)12-15-9-4-3-5-10-15;1-2/h3-5,9-10,13-14,24H,6-8,11-12H2,1-2H3;1-2H3. The van der Waals surface area contributed by atoms with Crippen LogP contribution in [0.25, 0.3) is 11.2 Å². The highest BCUT2D eigenvalue weighted by Gasteiger charge is 2.16. The van der Waals surface area contributed by atoms with Gasteiger partial charge in [-0.1, -0.05) is 44.2 Å². The van der Waals surface area contributed by atoms with E-state index in [4.69, 9.17) is 0 Å². The summed E-state index contributed by atoms with van der Waals surface area (Å²) in [5, 5.41) is 9.35. The Balaban J connectivity index is 0.00000136. The van der Waals surface area contributed by atoms with Crippen LogP contribution in [0.2, 0.25) is 0 Å². The van der Waals surface area contributed by atoms with Crippen LogP contribution >= 0.6 is 0 Å². The van der Waals surface area contributed by atoms with E-state index >= 15 is 0 Å². The zero-order chi connectivity index (χ0) is 20.7. The number of aryl methyl sites for hydroxylation is 1. The molecule has 0 saturated heterocycles. The molecule has 0 spiro atoms. The summed E-state index contributed by atoms with van der Waals surface area (Å²) in [5.41, 5.74) is 1.23. The molecule has 0 saturated carbocycles. The molecule has 0 aliphatic rings. The molecule has 0 aliphatic heterocycles. The summed E-state index contributed by atoms with van der Waals surface area (Å²) in [4.78, 5) is 29.7. The minimum atomic E-state index is -0.371.